The summed E-state index contributed by atoms with van der Waals surface area (Å²) in [6.07, 6.45) is -1.45. The van der Waals surface area contributed by atoms with E-state index in [1.54, 1.807) is 0 Å². The van der Waals surface area contributed by atoms with E-state index in [2.05, 4.69) is 10.6 Å². The number of nitrogens with two attached hydrogens (primary N) is 1. The normalized spacial score (nSPS) is 14.2. The minimum absolute atomic E-state index is 0.307. The molecule has 0 aliphatic rings. The number of carbonyl (C=O) groups excluding carboxylic acids is 2. The molecular formula is C12H19N3O8. The molecule has 0 aromatic rings. The number of carboxylic acid groups (broad SMARTS) is 3. The second-order valence-electron chi connectivity index (χ2n) is 4.77. The van der Waals surface area contributed by atoms with E-state index in [1.165, 1.54) is 6.92 Å². The van der Waals surface area contributed by atoms with Crippen LogP contribution >= 0.6 is 0 Å². The highest BCUT2D eigenvalue weighted by atomic mass is 16.4. The second kappa shape index (κ2) is 9.35. The van der Waals surface area contributed by atoms with E-state index < -0.39 is 60.7 Å². The van der Waals surface area contributed by atoms with Gasteiger partial charge < -0.3 is 31.7 Å². The van der Waals surface area contributed by atoms with Gasteiger partial charge in [-0.05, 0) is 13.3 Å². The summed E-state index contributed by atoms with van der Waals surface area (Å²) in [5, 5.41) is 30.1. The molecule has 0 radical (unpaired) electrons. The highest BCUT2D eigenvalue weighted by Crippen LogP contribution is 2.01. The van der Waals surface area contributed by atoms with E-state index in [9.17, 15) is 24.0 Å². The van der Waals surface area contributed by atoms with Crippen LogP contribution in [-0.2, 0) is 24.0 Å². The Labute approximate surface area is 130 Å². The highest BCUT2D eigenvalue weighted by molar-refractivity contribution is 5.93. The van der Waals surface area contributed by atoms with E-state index in [1.807, 2.05) is 0 Å². The average Bonchev–Trinajstić information content (AvgIpc) is 2.41. The molecule has 0 rings (SSSR count). The summed E-state index contributed by atoms with van der Waals surface area (Å²) in [7, 11) is 0. The van der Waals surface area contributed by atoms with Crippen molar-refractivity contribution in [1.29, 1.82) is 0 Å². The van der Waals surface area contributed by atoms with Crippen LogP contribution in [0.2, 0.25) is 0 Å². The van der Waals surface area contributed by atoms with Crippen molar-refractivity contribution in [3.8, 4) is 0 Å². The first-order chi connectivity index (χ1) is 10.5. The fourth-order valence-corrected chi connectivity index (χ4v) is 1.47. The van der Waals surface area contributed by atoms with Crippen LogP contribution in [0.15, 0.2) is 0 Å². The van der Waals surface area contributed by atoms with Gasteiger partial charge in [0, 0.05) is 6.42 Å². The number of amides is 2. The molecule has 3 atom stereocenters. The fourth-order valence-electron chi connectivity index (χ4n) is 1.47. The zero-order valence-electron chi connectivity index (χ0n) is 12.3. The zero-order chi connectivity index (χ0) is 18.2. The van der Waals surface area contributed by atoms with Crippen LogP contribution in [0.4, 0.5) is 0 Å². The molecule has 130 valence electrons. The van der Waals surface area contributed by atoms with E-state index >= 15 is 0 Å². The van der Waals surface area contributed by atoms with Crippen LogP contribution < -0.4 is 16.4 Å². The van der Waals surface area contributed by atoms with E-state index in [-0.39, 0.29) is 6.42 Å². The van der Waals surface area contributed by atoms with Gasteiger partial charge in [0.25, 0.3) is 0 Å². The predicted molar refractivity (Wildman–Crippen MR) is 74.3 cm³/mol. The Morgan fingerprint density at radius 3 is 1.96 bits per heavy atom. The maximum atomic E-state index is 11.9. The smallest absolute Gasteiger partial charge is 0.325 e. The number of carbonyl (C=O) groups is 5. The summed E-state index contributed by atoms with van der Waals surface area (Å²) in [5.41, 5.74) is 5.34. The maximum Gasteiger partial charge on any atom is 0.325 e. The number of hydrogen-bond donors (Lipinski definition) is 6. The number of rotatable bonds is 10. The monoisotopic (exact) mass is 333 g/mol. The Morgan fingerprint density at radius 1 is 0.957 bits per heavy atom. The molecule has 11 nitrogen and oxygen atoms in total. The summed E-state index contributed by atoms with van der Waals surface area (Å²) in [4.78, 5) is 55.4. The third kappa shape index (κ3) is 8.36. The molecule has 3 unspecified atom stereocenters. The van der Waals surface area contributed by atoms with Crippen molar-refractivity contribution in [2.75, 3.05) is 0 Å². The molecule has 23 heavy (non-hydrogen) atoms. The van der Waals surface area contributed by atoms with Crippen molar-refractivity contribution in [1.82, 2.24) is 10.6 Å². The molecule has 0 heterocycles. The minimum atomic E-state index is -1.43. The molecule has 0 saturated carbocycles. The number of hydrogen-bond acceptors (Lipinski definition) is 6. The van der Waals surface area contributed by atoms with Crippen molar-refractivity contribution in [3.05, 3.63) is 0 Å². The van der Waals surface area contributed by atoms with Crippen LogP contribution in [-0.4, -0.2) is 63.2 Å². The number of aliphatic carboxylic acids is 3. The molecular weight excluding hydrogens is 314 g/mol. The summed E-state index contributed by atoms with van der Waals surface area (Å²) < 4.78 is 0. The zero-order valence-corrected chi connectivity index (χ0v) is 12.3. The average molecular weight is 333 g/mol. The minimum Gasteiger partial charge on any atom is -0.481 e. The molecule has 0 saturated heterocycles. The van der Waals surface area contributed by atoms with E-state index in [4.69, 9.17) is 21.1 Å². The maximum absolute atomic E-state index is 11.9. The highest BCUT2D eigenvalue weighted by Gasteiger charge is 2.27. The summed E-state index contributed by atoms with van der Waals surface area (Å²) in [6.45, 7) is 1.19. The Bertz CT molecular complexity index is 493. The first kappa shape index (κ1) is 20.3. The predicted octanol–water partition coefficient (Wildman–Crippen LogP) is -2.27. The molecule has 0 aliphatic heterocycles. The van der Waals surface area contributed by atoms with Gasteiger partial charge in [-0.1, -0.05) is 0 Å². The summed E-state index contributed by atoms with van der Waals surface area (Å²) in [5.74, 6) is -5.72. The SMILES string of the molecule is CC(NC(=O)C(CCC(=O)O)NC(=O)C(N)CC(=O)O)C(=O)O. The lowest BCUT2D eigenvalue weighted by molar-refractivity contribution is -0.142. The number of carboxylic acids is 3. The van der Waals surface area contributed by atoms with Crippen molar-refractivity contribution < 1.29 is 39.3 Å². The first-order valence-electron chi connectivity index (χ1n) is 6.57. The van der Waals surface area contributed by atoms with Crippen LogP contribution in [0.5, 0.6) is 0 Å². The quantitative estimate of drug-likeness (QED) is 0.255. The third-order valence-electron chi connectivity index (χ3n) is 2.74. The third-order valence-corrected chi connectivity index (χ3v) is 2.74. The summed E-state index contributed by atoms with van der Waals surface area (Å²) >= 11 is 0. The Morgan fingerprint density at radius 2 is 1.52 bits per heavy atom. The van der Waals surface area contributed by atoms with Gasteiger partial charge in [-0.15, -0.1) is 0 Å². The molecule has 0 aliphatic carbocycles. The van der Waals surface area contributed by atoms with Crippen LogP contribution in [0.25, 0.3) is 0 Å². The Balaban J connectivity index is 4.88. The molecule has 0 aromatic carbocycles. The van der Waals surface area contributed by atoms with Gasteiger partial charge >= 0.3 is 17.9 Å². The molecule has 2 amide bonds. The Kier molecular flexibility index (Phi) is 8.26. The van der Waals surface area contributed by atoms with Crippen LogP contribution in [0, 0.1) is 0 Å². The van der Waals surface area contributed by atoms with Crippen molar-refractivity contribution in [2.24, 2.45) is 5.73 Å². The van der Waals surface area contributed by atoms with Gasteiger partial charge in [0.15, 0.2) is 0 Å². The van der Waals surface area contributed by atoms with Gasteiger partial charge in [0.2, 0.25) is 11.8 Å². The fraction of sp³-hybridized carbons (Fsp3) is 0.583. The van der Waals surface area contributed by atoms with Gasteiger partial charge in [0.05, 0.1) is 12.5 Å². The topological polar surface area (TPSA) is 196 Å². The largest absolute Gasteiger partial charge is 0.481 e. The standard InChI is InChI=1S/C12H19N3O8/c1-5(12(22)23)14-11(21)7(2-3-8(16)17)15-10(20)6(13)4-9(18)19/h5-7H,2-4,13H2,1H3,(H,14,21)(H,15,20)(H,16,17)(H,18,19)(H,22,23). The number of nitrogens with one attached hydrogen (secondary N) is 2. The van der Waals surface area contributed by atoms with E-state index in [0.29, 0.717) is 0 Å². The molecule has 0 spiro atoms. The summed E-state index contributed by atoms with van der Waals surface area (Å²) in [6, 6.07) is -4.02. The molecule has 0 bridgehead atoms. The lowest BCUT2D eigenvalue weighted by atomic mass is 10.1. The van der Waals surface area contributed by atoms with Gasteiger partial charge in [-0.3, -0.25) is 24.0 Å². The molecule has 11 heteroatoms. The van der Waals surface area contributed by atoms with Crippen molar-refractivity contribution in [2.45, 2.75) is 44.3 Å². The second-order valence-corrected chi connectivity index (χ2v) is 4.77. The van der Waals surface area contributed by atoms with Crippen LogP contribution in [0.3, 0.4) is 0 Å². The lowest BCUT2D eigenvalue weighted by Crippen LogP contribution is -2.54. The van der Waals surface area contributed by atoms with Gasteiger partial charge in [-0.25, -0.2) is 0 Å². The van der Waals surface area contributed by atoms with Crippen molar-refractivity contribution >= 4 is 29.7 Å². The molecule has 0 fully saturated rings. The van der Waals surface area contributed by atoms with Crippen molar-refractivity contribution in [3.63, 3.8) is 0 Å². The lowest BCUT2D eigenvalue weighted by Gasteiger charge is -2.21. The van der Waals surface area contributed by atoms with Crippen LogP contribution in [0.1, 0.15) is 26.2 Å². The Hall–Kier alpha value is -2.69. The first-order valence-corrected chi connectivity index (χ1v) is 6.57. The van der Waals surface area contributed by atoms with E-state index in [0.717, 1.165) is 0 Å². The molecule has 0 aromatic heterocycles. The van der Waals surface area contributed by atoms with Gasteiger partial charge in [-0.2, -0.15) is 0 Å². The molecule has 7 N–H and O–H groups in total. The van der Waals surface area contributed by atoms with Gasteiger partial charge in [0.1, 0.15) is 12.1 Å².